The number of benzene rings is 7. The predicted octanol–water partition coefficient (Wildman–Crippen LogP) is 16.1. The lowest BCUT2D eigenvalue weighted by atomic mass is 9.33. The van der Waals surface area contributed by atoms with Crippen molar-refractivity contribution < 1.29 is 4.42 Å². The molecule has 0 radical (unpaired) electrons. The van der Waals surface area contributed by atoms with Crippen molar-refractivity contribution in [2.45, 2.75) is 148 Å². The number of hydrogen-bond acceptors (Lipinski definition) is 3. The number of fused-ring (bicyclic) bond motifs is 15. The molecule has 0 N–H and O–H groups in total. The highest BCUT2D eigenvalue weighted by molar-refractivity contribution is 7.00. The molecule has 5 heterocycles. The van der Waals surface area contributed by atoms with E-state index in [1.54, 1.807) is 0 Å². The van der Waals surface area contributed by atoms with Crippen LogP contribution >= 0.6 is 0 Å². The van der Waals surface area contributed by atoms with Gasteiger partial charge in [-0.1, -0.05) is 175 Å². The minimum Gasteiger partial charge on any atom is -0.454 e. The van der Waals surface area contributed by atoms with Crippen LogP contribution in [0, 0.1) is 0 Å². The monoisotopic (exact) mass is 942 g/mol. The third-order valence-electron chi connectivity index (χ3n) is 18.9. The van der Waals surface area contributed by atoms with Gasteiger partial charge in [-0.3, -0.25) is 0 Å². The van der Waals surface area contributed by atoms with Gasteiger partial charge in [-0.05, 0) is 134 Å². The molecule has 360 valence electrons. The molecule has 9 aromatic rings. The van der Waals surface area contributed by atoms with Crippen molar-refractivity contribution in [1.82, 2.24) is 4.57 Å². The molecule has 0 bridgehead atoms. The first-order valence-corrected chi connectivity index (χ1v) is 26.9. The van der Waals surface area contributed by atoms with Crippen molar-refractivity contribution in [1.29, 1.82) is 0 Å². The summed E-state index contributed by atoms with van der Waals surface area (Å²) in [6, 6.07) is 50.0. The van der Waals surface area contributed by atoms with Crippen LogP contribution in [0.15, 0.2) is 132 Å². The summed E-state index contributed by atoms with van der Waals surface area (Å²) in [7, 11) is 0. The second kappa shape index (κ2) is 14.0. The summed E-state index contributed by atoms with van der Waals surface area (Å²) in [4.78, 5) is 5.42. The van der Waals surface area contributed by atoms with E-state index in [1.165, 1.54) is 120 Å². The molecule has 5 aliphatic rings. The number of aromatic nitrogens is 1. The fourth-order valence-corrected chi connectivity index (χ4v) is 14.8. The summed E-state index contributed by atoms with van der Waals surface area (Å²) >= 11 is 0. The van der Waals surface area contributed by atoms with Crippen LogP contribution in [0.5, 0.6) is 0 Å². The number of para-hydroxylation sites is 2. The minimum atomic E-state index is -0.187. The van der Waals surface area contributed by atoms with Gasteiger partial charge in [0.05, 0.1) is 16.9 Å². The van der Waals surface area contributed by atoms with E-state index in [1.807, 2.05) is 0 Å². The van der Waals surface area contributed by atoms with Crippen molar-refractivity contribution in [3.63, 3.8) is 0 Å². The highest BCUT2D eigenvalue weighted by atomic mass is 16.3. The van der Waals surface area contributed by atoms with Crippen LogP contribution in [-0.4, -0.2) is 16.8 Å². The highest BCUT2D eigenvalue weighted by Gasteiger charge is 2.58. The van der Waals surface area contributed by atoms with Gasteiger partial charge < -0.3 is 18.8 Å². The Bertz CT molecular complexity index is 3860. The van der Waals surface area contributed by atoms with Crippen LogP contribution in [0.2, 0.25) is 0 Å². The maximum atomic E-state index is 7.09. The zero-order chi connectivity index (χ0) is 50.0. The molecular weight excluding hydrogens is 874 g/mol. The van der Waals surface area contributed by atoms with E-state index in [0.717, 1.165) is 34.0 Å². The molecule has 1 fully saturated rings. The molecule has 2 aliphatic carbocycles. The van der Waals surface area contributed by atoms with Gasteiger partial charge in [0.2, 0.25) is 0 Å². The first kappa shape index (κ1) is 44.3. The van der Waals surface area contributed by atoms with Crippen molar-refractivity contribution >= 4 is 84.4 Å². The van der Waals surface area contributed by atoms with E-state index < -0.39 is 0 Å². The predicted molar refractivity (Wildman–Crippen MR) is 306 cm³/mol. The normalized spacial score (nSPS) is 20.5. The lowest BCUT2D eigenvalue weighted by Gasteiger charge is -2.50. The smallest absolute Gasteiger partial charge is 0.252 e. The molecule has 2 unspecified atom stereocenters. The fourth-order valence-electron chi connectivity index (χ4n) is 14.8. The summed E-state index contributed by atoms with van der Waals surface area (Å²) in [6.07, 6.45) is 4.81. The number of nitrogens with zero attached hydrogens (tertiary/aromatic N) is 3. The lowest BCUT2D eigenvalue weighted by Crippen LogP contribution is -2.61. The van der Waals surface area contributed by atoms with Gasteiger partial charge >= 0.3 is 0 Å². The molecule has 14 rings (SSSR count). The van der Waals surface area contributed by atoms with E-state index in [4.69, 9.17) is 4.42 Å². The van der Waals surface area contributed by atoms with Crippen LogP contribution in [-0.2, 0) is 27.1 Å². The van der Waals surface area contributed by atoms with E-state index >= 15 is 0 Å². The lowest BCUT2D eigenvalue weighted by molar-refractivity contribution is 0.195. The zero-order valence-electron chi connectivity index (χ0n) is 44.8. The van der Waals surface area contributed by atoms with Crippen LogP contribution in [0.3, 0.4) is 0 Å². The molecule has 0 saturated heterocycles. The second-order valence-electron chi connectivity index (χ2n) is 26.5. The number of furan rings is 1. The summed E-state index contributed by atoms with van der Waals surface area (Å²) in [5, 5.41) is 3.68. The molecule has 0 amide bonds. The van der Waals surface area contributed by atoms with Crippen LogP contribution in [0.4, 0.5) is 28.4 Å². The van der Waals surface area contributed by atoms with E-state index in [2.05, 4.69) is 232 Å². The number of anilines is 5. The molecule has 3 aliphatic heterocycles. The van der Waals surface area contributed by atoms with Crippen molar-refractivity contribution in [3.05, 3.63) is 161 Å². The summed E-state index contributed by atoms with van der Waals surface area (Å²) in [5.41, 5.74) is 25.5. The first-order valence-electron chi connectivity index (χ1n) is 26.9. The zero-order valence-corrected chi connectivity index (χ0v) is 44.8. The summed E-state index contributed by atoms with van der Waals surface area (Å²) < 4.78 is 9.81. The van der Waals surface area contributed by atoms with Gasteiger partial charge in [-0.15, -0.1) is 0 Å². The number of rotatable bonds is 2. The van der Waals surface area contributed by atoms with Crippen LogP contribution < -0.4 is 26.2 Å². The van der Waals surface area contributed by atoms with Crippen LogP contribution in [0.25, 0.3) is 49.8 Å². The first-order chi connectivity index (χ1) is 34.1. The molecular formula is C67H68BN3O. The molecule has 2 atom stereocenters. The van der Waals surface area contributed by atoms with E-state index in [0.29, 0.717) is 0 Å². The molecule has 5 heteroatoms. The quantitative estimate of drug-likeness (QED) is 0.161. The average molecular weight is 942 g/mol. The van der Waals surface area contributed by atoms with Gasteiger partial charge in [-0.25, -0.2) is 0 Å². The van der Waals surface area contributed by atoms with E-state index in [9.17, 15) is 0 Å². The average Bonchev–Trinajstić information content (AvgIpc) is 4.02. The topological polar surface area (TPSA) is 24.6 Å². The Kier molecular flexibility index (Phi) is 8.59. The second-order valence-corrected chi connectivity index (χ2v) is 26.5. The number of hydrogen-bond donors (Lipinski definition) is 0. The molecule has 2 aromatic heterocycles. The van der Waals surface area contributed by atoms with Gasteiger partial charge in [0.1, 0.15) is 5.58 Å². The Labute approximate surface area is 427 Å². The Morgan fingerprint density at radius 2 is 1.22 bits per heavy atom. The fraction of sp³-hybridized carbons (Fsp3) is 0.343. The Morgan fingerprint density at radius 3 is 2.00 bits per heavy atom. The maximum absolute atomic E-state index is 7.09. The third-order valence-corrected chi connectivity index (χ3v) is 18.9. The maximum Gasteiger partial charge on any atom is 0.252 e. The van der Waals surface area contributed by atoms with Gasteiger partial charge in [-0.2, -0.15) is 0 Å². The largest absolute Gasteiger partial charge is 0.454 e. The van der Waals surface area contributed by atoms with E-state index in [-0.39, 0.29) is 39.3 Å². The molecule has 0 spiro atoms. The van der Waals surface area contributed by atoms with Crippen molar-refractivity contribution in [2.24, 2.45) is 0 Å². The standard InChI is InChI=1S/C67H68BN3O/c1-62(2,3)39-27-30-51-48(34-39)66(12)31-18-19-32-67(66,13)71(51)42-28-29-49-53(38-42)69(52-25-20-23-44-43-21-15-17-26-56(43)72-61(44)52)54-36-41(64(7,8)9)37-55-58(54)68(49)50-35-40(63(4,5)6)33-46-57-60(70(55)59(46)50)45-22-14-16-24-47(45)65(57,10)11/h14-17,20-30,33-38H,18-19,31-32H2,1-13H3. The highest BCUT2D eigenvalue weighted by Crippen LogP contribution is 2.62. The summed E-state index contributed by atoms with van der Waals surface area (Å²) in [5.74, 6) is 0. The Hall–Kier alpha value is -6.46. The Morgan fingerprint density at radius 1 is 0.528 bits per heavy atom. The SMILES string of the molecule is CC(C)(C)c1cc2c3c(c1)-n1c4c(c5cc(C(C)(C)C)cc(c51)B3c1ccc(N3c5ccc(C(C)(C)C)cc5C5(C)CCCCC35C)cc1N2c1cccc2c1oc1ccccc12)C(C)(C)c1ccccc1-4. The van der Waals surface area contributed by atoms with Crippen molar-refractivity contribution in [2.75, 3.05) is 9.80 Å². The Balaban J connectivity index is 1.13. The van der Waals surface area contributed by atoms with Gasteiger partial charge in [0.15, 0.2) is 5.58 Å². The van der Waals surface area contributed by atoms with Gasteiger partial charge in [0, 0.05) is 66.5 Å². The molecule has 4 nitrogen and oxygen atoms in total. The molecule has 1 saturated carbocycles. The van der Waals surface area contributed by atoms with Crippen molar-refractivity contribution in [3.8, 4) is 16.9 Å². The molecule has 72 heavy (non-hydrogen) atoms. The van der Waals surface area contributed by atoms with Gasteiger partial charge in [0.25, 0.3) is 6.71 Å². The van der Waals surface area contributed by atoms with Crippen LogP contribution in [0.1, 0.15) is 149 Å². The minimum absolute atomic E-state index is 0.000978. The third kappa shape index (κ3) is 5.55. The molecule has 7 aromatic carbocycles. The summed E-state index contributed by atoms with van der Waals surface area (Å²) in [6.45, 7) is 31.5.